The number of carbonyl (C=O) groups is 1. The van der Waals surface area contributed by atoms with Crippen LogP contribution in [0.25, 0.3) is 16.6 Å². The number of hydrogen-bond donors (Lipinski definition) is 1. The van der Waals surface area contributed by atoms with Crippen LogP contribution < -0.4 is 0 Å². The van der Waals surface area contributed by atoms with Crippen molar-refractivity contribution >= 4 is 16.9 Å². The lowest BCUT2D eigenvalue weighted by molar-refractivity contribution is -0.146. The fourth-order valence-corrected chi connectivity index (χ4v) is 4.95. The quantitative estimate of drug-likeness (QED) is 0.762. The molecule has 1 saturated heterocycles. The van der Waals surface area contributed by atoms with Gasteiger partial charge in [-0.15, -0.1) is 0 Å². The Morgan fingerprint density at radius 2 is 1.77 bits per heavy atom. The first-order valence-corrected chi connectivity index (χ1v) is 9.40. The number of hydrogen-bond acceptors (Lipinski definition) is 2. The first-order chi connectivity index (χ1) is 12.8. The van der Waals surface area contributed by atoms with Gasteiger partial charge in [0.25, 0.3) is 0 Å². The predicted octanol–water partition coefficient (Wildman–Crippen LogP) is 4.02. The molecule has 0 bridgehead atoms. The number of benzene rings is 2. The molecule has 2 aliphatic rings. The molecule has 0 aliphatic carbocycles. The Morgan fingerprint density at radius 1 is 1.00 bits per heavy atom. The van der Waals surface area contributed by atoms with E-state index in [0.717, 1.165) is 38.0 Å². The Morgan fingerprint density at radius 3 is 2.58 bits per heavy atom. The molecule has 0 radical (unpaired) electrons. The minimum Gasteiger partial charge on any atom is -0.481 e. The number of piperidine rings is 1. The first kappa shape index (κ1) is 15.6. The highest BCUT2D eigenvalue weighted by Crippen LogP contribution is 2.45. The van der Waals surface area contributed by atoms with Crippen molar-refractivity contribution in [3.05, 3.63) is 65.9 Å². The summed E-state index contributed by atoms with van der Waals surface area (Å²) in [5.74, 6) is -1.01. The van der Waals surface area contributed by atoms with Crippen LogP contribution in [-0.2, 0) is 11.2 Å². The van der Waals surface area contributed by atoms with Crippen molar-refractivity contribution in [2.75, 3.05) is 13.1 Å². The zero-order valence-corrected chi connectivity index (χ0v) is 14.6. The van der Waals surface area contributed by atoms with Crippen LogP contribution >= 0.6 is 0 Å². The Kier molecular flexibility index (Phi) is 3.61. The number of aliphatic carboxylic acids is 1. The summed E-state index contributed by atoms with van der Waals surface area (Å²) < 4.78 is 2.31. The molecule has 3 heterocycles. The molecule has 2 atom stereocenters. The highest BCUT2D eigenvalue weighted by molar-refractivity contribution is 5.88. The molecule has 3 aromatic rings. The average molecular weight is 346 g/mol. The SMILES string of the molecule is O=C(O)[C@H]1CCCN2CCc3c(n(-c4ccccc4)c4ccccc34)C12. The van der Waals surface area contributed by atoms with E-state index in [2.05, 4.69) is 45.9 Å². The first-order valence-electron chi connectivity index (χ1n) is 9.40. The Balaban J connectivity index is 1.83. The molecule has 132 valence electrons. The number of fused-ring (bicyclic) bond motifs is 5. The molecule has 4 nitrogen and oxygen atoms in total. The van der Waals surface area contributed by atoms with Crippen LogP contribution in [0.1, 0.15) is 30.1 Å². The fourth-order valence-electron chi connectivity index (χ4n) is 4.95. The maximum absolute atomic E-state index is 12.0. The Bertz CT molecular complexity index is 976. The van der Waals surface area contributed by atoms with Crippen LogP contribution in [0, 0.1) is 5.92 Å². The number of aromatic nitrogens is 1. The fraction of sp³-hybridized carbons (Fsp3) is 0.318. The lowest BCUT2D eigenvalue weighted by Gasteiger charge is -2.43. The van der Waals surface area contributed by atoms with Crippen molar-refractivity contribution in [1.82, 2.24) is 9.47 Å². The van der Waals surface area contributed by atoms with Crippen molar-refractivity contribution in [3.8, 4) is 5.69 Å². The van der Waals surface area contributed by atoms with Gasteiger partial charge in [0.1, 0.15) is 0 Å². The van der Waals surface area contributed by atoms with E-state index in [-0.39, 0.29) is 12.0 Å². The van der Waals surface area contributed by atoms with Gasteiger partial charge in [-0.1, -0.05) is 36.4 Å². The summed E-state index contributed by atoms with van der Waals surface area (Å²) in [5, 5.41) is 11.2. The van der Waals surface area contributed by atoms with E-state index in [4.69, 9.17) is 0 Å². The summed E-state index contributed by atoms with van der Waals surface area (Å²) in [6.07, 6.45) is 2.71. The molecule has 2 aliphatic heterocycles. The predicted molar refractivity (Wildman–Crippen MR) is 102 cm³/mol. The second kappa shape index (κ2) is 5.99. The van der Waals surface area contributed by atoms with E-state index in [9.17, 15) is 9.90 Å². The van der Waals surface area contributed by atoms with Gasteiger partial charge < -0.3 is 9.67 Å². The standard InChI is InChI=1S/C22H22N2O2/c25-22(26)18-10-6-13-23-14-12-17-16-9-4-5-11-19(16)24(21(17)20(18)23)15-7-2-1-3-8-15/h1-5,7-9,11,18,20H,6,10,12-14H2,(H,25,26)/t18-,20?/m0/s1. The molecular weight excluding hydrogens is 324 g/mol. The molecule has 1 N–H and O–H groups in total. The van der Waals surface area contributed by atoms with Crippen LogP contribution in [0.2, 0.25) is 0 Å². The largest absolute Gasteiger partial charge is 0.481 e. The van der Waals surface area contributed by atoms with Gasteiger partial charge >= 0.3 is 5.97 Å². The van der Waals surface area contributed by atoms with Crippen molar-refractivity contribution in [1.29, 1.82) is 0 Å². The number of carboxylic acid groups (broad SMARTS) is 1. The van der Waals surface area contributed by atoms with E-state index < -0.39 is 5.97 Å². The van der Waals surface area contributed by atoms with Crippen molar-refractivity contribution in [2.45, 2.75) is 25.3 Å². The monoisotopic (exact) mass is 346 g/mol. The van der Waals surface area contributed by atoms with E-state index in [1.165, 1.54) is 22.2 Å². The number of carboxylic acids is 1. The topological polar surface area (TPSA) is 45.5 Å². The molecule has 5 rings (SSSR count). The number of rotatable bonds is 2. The molecule has 1 unspecified atom stereocenters. The number of para-hydroxylation sites is 2. The smallest absolute Gasteiger partial charge is 0.308 e. The lowest BCUT2D eigenvalue weighted by Crippen LogP contribution is -2.46. The molecule has 4 heteroatoms. The molecule has 2 aromatic carbocycles. The lowest BCUT2D eigenvalue weighted by atomic mass is 9.82. The van der Waals surface area contributed by atoms with E-state index in [0.29, 0.717) is 0 Å². The van der Waals surface area contributed by atoms with Crippen LogP contribution in [0.3, 0.4) is 0 Å². The van der Waals surface area contributed by atoms with Gasteiger partial charge in [-0.25, -0.2) is 0 Å². The second-order valence-corrected chi connectivity index (χ2v) is 7.37. The van der Waals surface area contributed by atoms with Gasteiger partial charge in [0.05, 0.1) is 17.5 Å². The number of nitrogens with zero attached hydrogens (tertiary/aromatic N) is 2. The van der Waals surface area contributed by atoms with Crippen molar-refractivity contribution in [3.63, 3.8) is 0 Å². The summed E-state index contributed by atoms with van der Waals surface area (Å²) in [6.45, 7) is 1.94. The van der Waals surface area contributed by atoms with Crippen LogP contribution in [-0.4, -0.2) is 33.6 Å². The molecule has 1 aromatic heterocycles. The highest BCUT2D eigenvalue weighted by Gasteiger charge is 2.43. The maximum atomic E-state index is 12.0. The van der Waals surface area contributed by atoms with E-state index >= 15 is 0 Å². The highest BCUT2D eigenvalue weighted by atomic mass is 16.4. The minimum absolute atomic E-state index is 0.0439. The molecular formula is C22H22N2O2. The summed E-state index contributed by atoms with van der Waals surface area (Å²) in [5.41, 5.74) is 4.82. The Labute approximate surface area is 152 Å². The maximum Gasteiger partial charge on any atom is 0.308 e. The van der Waals surface area contributed by atoms with E-state index in [1.54, 1.807) is 0 Å². The molecule has 1 fully saturated rings. The van der Waals surface area contributed by atoms with Gasteiger partial charge in [-0.2, -0.15) is 0 Å². The van der Waals surface area contributed by atoms with E-state index in [1.807, 2.05) is 18.2 Å². The minimum atomic E-state index is -0.669. The van der Waals surface area contributed by atoms with Gasteiger partial charge in [0, 0.05) is 23.3 Å². The van der Waals surface area contributed by atoms with Crippen LogP contribution in [0.5, 0.6) is 0 Å². The van der Waals surface area contributed by atoms with Gasteiger partial charge in [0.15, 0.2) is 0 Å². The summed E-state index contributed by atoms with van der Waals surface area (Å²) >= 11 is 0. The third kappa shape index (κ3) is 2.22. The van der Waals surface area contributed by atoms with Crippen LogP contribution in [0.4, 0.5) is 0 Å². The van der Waals surface area contributed by atoms with Crippen molar-refractivity contribution < 1.29 is 9.90 Å². The third-order valence-electron chi connectivity index (χ3n) is 6.02. The molecule has 0 saturated carbocycles. The van der Waals surface area contributed by atoms with Gasteiger partial charge in [-0.3, -0.25) is 9.69 Å². The van der Waals surface area contributed by atoms with Crippen LogP contribution in [0.15, 0.2) is 54.6 Å². The normalized spacial score (nSPS) is 22.8. The molecule has 0 spiro atoms. The summed E-state index contributed by atoms with van der Waals surface area (Å²) in [7, 11) is 0. The molecule has 0 amide bonds. The summed E-state index contributed by atoms with van der Waals surface area (Å²) in [4.78, 5) is 14.4. The zero-order chi connectivity index (χ0) is 17.7. The van der Waals surface area contributed by atoms with Crippen molar-refractivity contribution in [2.24, 2.45) is 5.92 Å². The summed E-state index contributed by atoms with van der Waals surface area (Å²) in [6, 6.07) is 18.8. The van der Waals surface area contributed by atoms with Gasteiger partial charge in [0.2, 0.25) is 0 Å². The Hall–Kier alpha value is -2.59. The van der Waals surface area contributed by atoms with Gasteiger partial charge in [-0.05, 0) is 49.6 Å². The molecule has 26 heavy (non-hydrogen) atoms. The third-order valence-corrected chi connectivity index (χ3v) is 6.02. The average Bonchev–Trinajstić information content (AvgIpc) is 3.03. The zero-order valence-electron chi connectivity index (χ0n) is 14.6. The second-order valence-electron chi connectivity index (χ2n) is 7.37.